The molecule has 5 rings (SSSR count). The SMILES string of the molecule is CN(C)C(=O)CCC(=O)N1CC[C@H](CNc2cc(-n3c(C(F)F)nc4ccccc43)nc(N3CCOCC3)n2)C1. The lowest BCUT2D eigenvalue weighted by molar-refractivity contribution is -0.135. The number of ether oxygens (including phenoxy) is 1. The van der Waals surface area contributed by atoms with Crippen molar-refractivity contribution in [3.63, 3.8) is 0 Å². The molecule has 2 aliphatic heterocycles. The second-order valence-corrected chi connectivity index (χ2v) is 10.3. The Balaban J connectivity index is 1.35. The van der Waals surface area contributed by atoms with Gasteiger partial charge in [-0.05, 0) is 24.5 Å². The smallest absolute Gasteiger partial charge is 0.296 e. The second kappa shape index (κ2) is 12.1. The summed E-state index contributed by atoms with van der Waals surface area (Å²) in [5, 5.41) is 3.36. The summed E-state index contributed by atoms with van der Waals surface area (Å²) >= 11 is 0. The van der Waals surface area contributed by atoms with E-state index in [2.05, 4.69) is 15.3 Å². The highest BCUT2D eigenvalue weighted by molar-refractivity contribution is 5.83. The fraction of sp³-hybridized carbons (Fsp3) is 0.519. The first kappa shape index (κ1) is 27.7. The number of rotatable bonds is 9. The number of morpholine rings is 1. The summed E-state index contributed by atoms with van der Waals surface area (Å²) in [6.07, 6.45) is -1.58. The van der Waals surface area contributed by atoms with Crippen LogP contribution in [0.25, 0.3) is 16.9 Å². The molecule has 2 aromatic heterocycles. The number of likely N-dealkylation sites (tertiary alicyclic amines) is 1. The van der Waals surface area contributed by atoms with Gasteiger partial charge in [0.2, 0.25) is 17.8 Å². The van der Waals surface area contributed by atoms with Gasteiger partial charge in [-0.25, -0.2) is 13.8 Å². The third kappa shape index (κ3) is 6.14. The van der Waals surface area contributed by atoms with Crippen LogP contribution in [0.15, 0.2) is 30.3 Å². The largest absolute Gasteiger partial charge is 0.378 e. The molecule has 0 radical (unpaired) electrons. The molecule has 0 saturated carbocycles. The van der Waals surface area contributed by atoms with Gasteiger partial charge in [0.15, 0.2) is 5.82 Å². The predicted molar refractivity (Wildman–Crippen MR) is 146 cm³/mol. The lowest BCUT2D eigenvalue weighted by Gasteiger charge is -2.27. The maximum atomic E-state index is 14.1. The summed E-state index contributed by atoms with van der Waals surface area (Å²) in [6, 6.07) is 8.65. The molecule has 13 heteroatoms. The predicted octanol–water partition coefficient (Wildman–Crippen LogP) is 2.72. The van der Waals surface area contributed by atoms with E-state index in [4.69, 9.17) is 9.72 Å². The average molecular weight is 557 g/mol. The molecule has 0 bridgehead atoms. The van der Waals surface area contributed by atoms with Crippen molar-refractivity contribution >= 4 is 34.6 Å². The maximum Gasteiger partial charge on any atom is 0.296 e. The zero-order chi connectivity index (χ0) is 28.2. The Morgan fingerprint density at radius 2 is 1.88 bits per heavy atom. The minimum Gasteiger partial charge on any atom is -0.378 e. The Morgan fingerprint density at radius 3 is 2.62 bits per heavy atom. The molecular weight excluding hydrogens is 522 g/mol. The molecule has 0 spiro atoms. The van der Waals surface area contributed by atoms with Crippen molar-refractivity contribution in [2.24, 2.45) is 5.92 Å². The molecule has 1 atom stereocenters. The van der Waals surface area contributed by atoms with Gasteiger partial charge in [-0.2, -0.15) is 9.97 Å². The highest BCUT2D eigenvalue weighted by Crippen LogP contribution is 2.29. The van der Waals surface area contributed by atoms with Gasteiger partial charge in [0.1, 0.15) is 11.6 Å². The van der Waals surface area contributed by atoms with E-state index in [0.717, 1.165) is 6.42 Å². The van der Waals surface area contributed by atoms with Crippen LogP contribution in [0.1, 0.15) is 31.5 Å². The van der Waals surface area contributed by atoms with Gasteiger partial charge < -0.3 is 24.8 Å². The number of nitrogens with one attached hydrogen (secondary N) is 1. The zero-order valence-electron chi connectivity index (χ0n) is 22.7. The van der Waals surface area contributed by atoms with E-state index in [1.807, 2.05) is 4.90 Å². The Kier molecular flexibility index (Phi) is 8.38. The average Bonchev–Trinajstić information content (AvgIpc) is 3.60. The molecule has 0 unspecified atom stereocenters. The van der Waals surface area contributed by atoms with Crippen LogP contribution < -0.4 is 10.2 Å². The van der Waals surface area contributed by atoms with Crippen molar-refractivity contribution in [2.45, 2.75) is 25.7 Å². The summed E-state index contributed by atoms with van der Waals surface area (Å²) in [5.74, 6) is 0.948. The quantitative estimate of drug-likeness (QED) is 0.429. The molecule has 0 aliphatic carbocycles. The lowest BCUT2D eigenvalue weighted by atomic mass is 10.1. The van der Waals surface area contributed by atoms with Crippen LogP contribution in [0.5, 0.6) is 0 Å². The first-order chi connectivity index (χ1) is 19.3. The molecule has 4 heterocycles. The number of imidazole rings is 1. The van der Waals surface area contributed by atoms with Gasteiger partial charge in [-0.1, -0.05) is 12.1 Å². The van der Waals surface area contributed by atoms with E-state index in [0.29, 0.717) is 74.6 Å². The monoisotopic (exact) mass is 556 g/mol. The molecule has 2 fully saturated rings. The van der Waals surface area contributed by atoms with Gasteiger partial charge in [0, 0.05) is 65.7 Å². The van der Waals surface area contributed by atoms with Crippen LogP contribution in [-0.4, -0.2) is 101 Å². The zero-order valence-corrected chi connectivity index (χ0v) is 22.7. The van der Waals surface area contributed by atoms with E-state index in [-0.39, 0.29) is 36.4 Å². The Bertz CT molecular complexity index is 1360. The normalized spacial score (nSPS) is 17.6. The van der Waals surface area contributed by atoms with E-state index in [9.17, 15) is 18.4 Å². The van der Waals surface area contributed by atoms with Gasteiger partial charge in [0.05, 0.1) is 24.2 Å². The summed E-state index contributed by atoms with van der Waals surface area (Å²) in [7, 11) is 3.36. The number of anilines is 2. The standard InChI is InChI=1S/C27H34F2N8O3/c1-34(2)23(38)7-8-24(39)36-10-9-18(17-36)16-30-21-15-22(33-27(32-21)35-11-13-40-14-12-35)37-20-6-4-3-5-19(20)31-26(37)25(28)29/h3-6,15,18,25H,7-14,16-17H2,1-2H3,(H,30,32,33)/t18-/m1/s1. The third-order valence-corrected chi connectivity index (χ3v) is 7.27. The summed E-state index contributed by atoms with van der Waals surface area (Å²) in [6.45, 7) is 3.99. The second-order valence-electron chi connectivity index (χ2n) is 10.3. The minimum absolute atomic E-state index is 0.0249. The molecule has 1 N–H and O–H groups in total. The summed E-state index contributed by atoms with van der Waals surface area (Å²) < 4.78 is 35.0. The Morgan fingerprint density at radius 1 is 1.10 bits per heavy atom. The summed E-state index contributed by atoms with van der Waals surface area (Å²) in [5.41, 5.74) is 0.995. The van der Waals surface area contributed by atoms with Crippen molar-refractivity contribution < 1.29 is 23.1 Å². The van der Waals surface area contributed by atoms with E-state index >= 15 is 0 Å². The van der Waals surface area contributed by atoms with Crippen LogP contribution in [0.3, 0.4) is 0 Å². The van der Waals surface area contributed by atoms with Crippen LogP contribution in [0, 0.1) is 5.92 Å². The molecule has 2 aliphatic rings. The molecule has 214 valence electrons. The fourth-order valence-corrected chi connectivity index (χ4v) is 5.03. The van der Waals surface area contributed by atoms with Crippen molar-refractivity contribution in [1.82, 2.24) is 29.3 Å². The first-order valence-electron chi connectivity index (χ1n) is 13.5. The number of carbonyl (C=O) groups is 2. The molecular formula is C27H34F2N8O3. The van der Waals surface area contributed by atoms with Crippen LogP contribution in [0.2, 0.25) is 0 Å². The Labute approximate surface area is 231 Å². The number of carbonyl (C=O) groups excluding carboxylic acids is 2. The summed E-state index contributed by atoms with van der Waals surface area (Å²) in [4.78, 5) is 43.3. The highest BCUT2D eigenvalue weighted by Gasteiger charge is 2.27. The van der Waals surface area contributed by atoms with Gasteiger partial charge in [-0.15, -0.1) is 0 Å². The molecule has 3 aromatic rings. The minimum atomic E-state index is -2.79. The molecule has 1 aromatic carbocycles. The van der Waals surface area contributed by atoms with Crippen molar-refractivity contribution in [3.8, 4) is 5.82 Å². The number of hydrogen-bond acceptors (Lipinski definition) is 8. The van der Waals surface area contributed by atoms with Crippen LogP contribution >= 0.6 is 0 Å². The highest BCUT2D eigenvalue weighted by atomic mass is 19.3. The molecule has 40 heavy (non-hydrogen) atoms. The molecule has 2 amide bonds. The number of fused-ring (bicyclic) bond motifs is 1. The fourth-order valence-electron chi connectivity index (χ4n) is 5.03. The number of aromatic nitrogens is 4. The topological polar surface area (TPSA) is 109 Å². The number of nitrogens with zero attached hydrogens (tertiary/aromatic N) is 7. The van der Waals surface area contributed by atoms with Crippen LogP contribution in [-0.2, 0) is 14.3 Å². The molecule has 11 nitrogen and oxygen atoms in total. The number of halogens is 2. The number of alkyl halides is 2. The number of hydrogen-bond donors (Lipinski definition) is 1. The van der Waals surface area contributed by atoms with Gasteiger partial charge in [-0.3, -0.25) is 14.2 Å². The van der Waals surface area contributed by atoms with E-state index < -0.39 is 6.43 Å². The lowest BCUT2D eigenvalue weighted by Crippen LogP contribution is -2.37. The van der Waals surface area contributed by atoms with Gasteiger partial charge in [0.25, 0.3) is 6.43 Å². The maximum absolute atomic E-state index is 14.1. The van der Waals surface area contributed by atoms with Crippen molar-refractivity contribution in [3.05, 3.63) is 36.2 Å². The molecule has 2 saturated heterocycles. The van der Waals surface area contributed by atoms with Gasteiger partial charge >= 0.3 is 0 Å². The van der Waals surface area contributed by atoms with Crippen molar-refractivity contribution in [2.75, 3.05) is 70.2 Å². The van der Waals surface area contributed by atoms with Crippen molar-refractivity contribution in [1.29, 1.82) is 0 Å². The first-order valence-corrected chi connectivity index (χ1v) is 13.5. The Hall–Kier alpha value is -3.87. The third-order valence-electron chi connectivity index (χ3n) is 7.27. The van der Waals surface area contributed by atoms with E-state index in [1.54, 1.807) is 49.3 Å². The number of benzene rings is 1. The number of para-hydroxylation sites is 2. The number of amides is 2. The van der Waals surface area contributed by atoms with Crippen LogP contribution in [0.4, 0.5) is 20.5 Å². The van der Waals surface area contributed by atoms with E-state index in [1.165, 1.54) is 9.47 Å².